The van der Waals surface area contributed by atoms with E-state index >= 15 is 0 Å². The van der Waals surface area contributed by atoms with Crippen LogP contribution in [0.3, 0.4) is 0 Å². The van der Waals surface area contributed by atoms with Crippen LogP contribution in [0.4, 0.5) is 0 Å². The van der Waals surface area contributed by atoms with Crippen molar-refractivity contribution in [2.24, 2.45) is 17.6 Å². The van der Waals surface area contributed by atoms with E-state index in [1.165, 1.54) is 44.9 Å². The minimum Gasteiger partial charge on any atom is -0.321 e. The molecule has 0 radical (unpaired) electrons. The molecule has 2 atom stereocenters. The van der Waals surface area contributed by atoms with Crippen molar-refractivity contribution in [2.75, 3.05) is 0 Å². The molecule has 0 spiro atoms. The van der Waals surface area contributed by atoms with Crippen LogP contribution in [-0.4, -0.2) is 11.8 Å². The Morgan fingerprint density at radius 3 is 2.50 bits per heavy atom. The second-order valence-corrected chi connectivity index (χ2v) is 5.55. The van der Waals surface area contributed by atoms with E-state index in [9.17, 15) is 4.79 Å². The second-order valence-electron chi connectivity index (χ2n) is 5.55. The Hall–Kier alpha value is -0.370. The summed E-state index contributed by atoms with van der Waals surface area (Å²) in [6, 6.07) is -0.244. The van der Waals surface area contributed by atoms with Crippen molar-refractivity contribution in [1.82, 2.24) is 0 Å². The van der Waals surface area contributed by atoms with E-state index in [1.54, 1.807) is 6.92 Å². The fourth-order valence-electron chi connectivity index (χ4n) is 2.78. The molecular formula is C14H27NO. The summed E-state index contributed by atoms with van der Waals surface area (Å²) in [5, 5.41) is 0. The van der Waals surface area contributed by atoms with Gasteiger partial charge in [-0.3, -0.25) is 4.79 Å². The van der Waals surface area contributed by atoms with Crippen molar-refractivity contribution >= 4 is 5.78 Å². The van der Waals surface area contributed by atoms with Crippen LogP contribution < -0.4 is 5.73 Å². The summed E-state index contributed by atoms with van der Waals surface area (Å²) < 4.78 is 0. The van der Waals surface area contributed by atoms with Gasteiger partial charge in [0, 0.05) is 0 Å². The predicted octanol–water partition coefficient (Wildman–Crippen LogP) is 3.29. The highest BCUT2D eigenvalue weighted by Gasteiger charge is 2.18. The maximum atomic E-state index is 11.1. The summed E-state index contributed by atoms with van der Waals surface area (Å²) in [5.41, 5.74) is 5.83. The van der Waals surface area contributed by atoms with E-state index in [1.807, 2.05) is 0 Å². The number of carbonyl (C=O) groups excluding carboxylic acids is 1. The molecule has 0 aromatic heterocycles. The van der Waals surface area contributed by atoms with Crippen LogP contribution in [0.25, 0.3) is 0 Å². The molecule has 0 amide bonds. The SMILES string of the molecule is CC(=O)[C@H](N)[C@H](C)CCCC1CCCCC1. The average Bonchev–Trinajstić information content (AvgIpc) is 2.29. The van der Waals surface area contributed by atoms with Gasteiger partial charge < -0.3 is 5.73 Å². The highest BCUT2D eigenvalue weighted by molar-refractivity contribution is 5.81. The first kappa shape index (κ1) is 13.7. The molecule has 16 heavy (non-hydrogen) atoms. The molecule has 1 saturated carbocycles. The van der Waals surface area contributed by atoms with Gasteiger partial charge in [0.25, 0.3) is 0 Å². The van der Waals surface area contributed by atoms with Crippen molar-refractivity contribution in [3.05, 3.63) is 0 Å². The van der Waals surface area contributed by atoms with Gasteiger partial charge >= 0.3 is 0 Å². The number of Topliss-reactive ketones (excluding diaryl/α,β-unsaturated/α-hetero) is 1. The quantitative estimate of drug-likeness (QED) is 0.753. The number of nitrogens with two attached hydrogens (primary N) is 1. The van der Waals surface area contributed by atoms with E-state index in [0.29, 0.717) is 5.92 Å². The number of hydrogen-bond donors (Lipinski definition) is 1. The third kappa shape index (κ3) is 4.65. The third-order valence-electron chi connectivity index (χ3n) is 4.08. The minimum absolute atomic E-state index is 0.130. The Morgan fingerprint density at radius 2 is 1.94 bits per heavy atom. The number of hydrogen-bond acceptors (Lipinski definition) is 2. The molecule has 94 valence electrons. The van der Waals surface area contributed by atoms with Crippen LogP contribution in [0.15, 0.2) is 0 Å². The van der Waals surface area contributed by atoms with Crippen molar-refractivity contribution in [3.63, 3.8) is 0 Å². The molecule has 1 aliphatic carbocycles. The van der Waals surface area contributed by atoms with Crippen molar-refractivity contribution < 1.29 is 4.79 Å². The van der Waals surface area contributed by atoms with E-state index in [4.69, 9.17) is 5.73 Å². The molecule has 1 aliphatic rings. The molecule has 2 N–H and O–H groups in total. The lowest BCUT2D eigenvalue weighted by Gasteiger charge is -2.23. The maximum Gasteiger partial charge on any atom is 0.146 e. The smallest absolute Gasteiger partial charge is 0.146 e. The van der Waals surface area contributed by atoms with Gasteiger partial charge in [-0.05, 0) is 25.2 Å². The molecule has 2 nitrogen and oxygen atoms in total. The fraction of sp³-hybridized carbons (Fsp3) is 0.929. The Balaban J connectivity index is 2.11. The number of ketones is 1. The van der Waals surface area contributed by atoms with Gasteiger partial charge in [0.05, 0.1) is 6.04 Å². The zero-order valence-electron chi connectivity index (χ0n) is 10.9. The molecule has 0 aliphatic heterocycles. The molecule has 1 fully saturated rings. The van der Waals surface area contributed by atoms with Crippen LogP contribution in [0, 0.1) is 11.8 Å². The Kier molecular flexibility index (Phi) is 6.04. The molecule has 0 saturated heterocycles. The highest BCUT2D eigenvalue weighted by atomic mass is 16.1. The molecule has 0 bridgehead atoms. The highest BCUT2D eigenvalue weighted by Crippen LogP contribution is 2.28. The summed E-state index contributed by atoms with van der Waals surface area (Å²) in [5.74, 6) is 1.43. The van der Waals surface area contributed by atoms with Gasteiger partial charge in [0.2, 0.25) is 0 Å². The number of rotatable bonds is 6. The van der Waals surface area contributed by atoms with Gasteiger partial charge in [-0.1, -0.05) is 51.9 Å². The van der Waals surface area contributed by atoms with Gasteiger partial charge in [0.15, 0.2) is 0 Å². The lowest BCUT2D eigenvalue weighted by atomic mass is 9.84. The van der Waals surface area contributed by atoms with Crippen LogP contribution in [0.2, 0.25) is 0 Å². The lowest BCUT2D eigenvalue weighted by Crippen LogP contribution is -2.35. The van der Waals surface area contributed by atoms with Crippen LogP contribution in [-0.2, 0) is 4.79 Å². The number of carbonyl (C=O) groups is 1. The van der Waals surface area contributed by atoms with E-state index in [-0.39, 0.29) is 11.8 Å². The van der Waals surface area contributed by atoms with Crippen LogP contribution >= 0.6 is 0 Å². The van der Waals surface area contributed by atoms with Gasteiger partial charge in [-0.15, -0.1) is 0 Å². The summed E-state index contributed by atoms with van der Waals surface area (Å²) in [4.78, 5) is 11.1. The maximum absolute atomic E-state index is 11.1. The normalized spacial score (nSPS) is 21.7. The van der Waals surface area contributed by atoms with Gasteiger partial charge in [-0.25, -0.2) is 0 Å². The average molecular weight is 225 g/mol. The van der Waals surface area contributed by atoms with Gasteiger partial charge in [-0.2, -0.15) is 0 Å². The summed E-state index contributed by atoms with van der Waals surface area (Å²) in [7, 11) is 0. The van der Waals surface area contributed by atoms with E-state index < -0.39 is 0 Å². The summed E-state index contributed by atoms with van der Waals surface area (Å²) in [6.45, 7) is 3.70. The van der Waals surface area contributed by atoms with Crippen LogP contribution in [0.1, 0.15) is 65.2 Å². The zero-order chi connectivity index (χ0) is 12.0. The van der Waals surface area contributed by atoms with Crippen molar-refractivity contribution in [1.29, 1.82) is 0 Å². The Bertz CT molecular complexity index is 209. The molecule has 0 heterocycles. The van der Waals surface area contributed by atoms with Crippen LogP contribution in [0.5, 0.6) is 0 Å². The first-order valence-electron chi connectivity index (χ1n) is 6.87. The monoisotopic (exact) mass is 225 g/mol. The molecule has 2 heteroatoms. The summed E-state index contributed by atoms with van der Waals surface area (Å²) >= 11 is 0. The zero-order valence-corrected chi connectivity index (χ0v) is 10.9. The minimum atomic E-state index is -0.244. The predicted molar refractivity (Wildman–Crippen MR) is 68.2 cm³/mol. The molecular weight excluding hydrogens is 198 g/mol. The summed E-state index contributed by atoms with van der Waals surface area (Å²) in [6.07, 6.45) is 10.8. The lowest BCUT2D eigenvalue weighted by molar-refractivity contribution is -0.119. The third-order valence-corrected chi connectivity index (χ3v) is 4.08. The van der Waals surface area contributed by atoms with E-state index in [2.05, 4.69) is 6.92 Å². The largest absolute Gasteiger partial charge is 0.321 e. The second kappa shape index (κ2) is 7.05. The molecule has 1 rings (SSSR count). The fourth-order valence-corrected chi connectivity index (χ4v) is 2.78. The molecule has 0 unspecified atom stereocenters. The Morgan fingerprint density at radius 1 is 1.31 bits per heavy atom. The molecule has 0 aromatic rings. The standard InChI is InChI=1S/C14H27NO/c1-11(14(15)12(2)16)7-6-10-13-8-4-3-5-9-13/h11,13-14H,3-10,15H2,1-2H3/t11-,14-/m1/s1. The topological polar surface area (TPSA) is 43.1 Å². The first-order valence-corrected chi connectivity index (χ1v) is 6.87. The molecule has 0 aromatic carbocycles. The first-order chi connectivity index (χ1) is 7.61. The van der Waals surface area contributed by atoms with Gasteiger partial charge in [0.1, 0.15) is 5.78 Å². The van der Waals surface area contributed by atoms with E-state index in [0.717, 1.165) is 12.3 Å². The van der Waals surface area contributed by atoms with Crippen molar-refractivity contribution in [3.8, 4) is 0 Å². The Labute approximate surface area is 100.0 Å². The van der Waals surface area contributed by atoms with Crippen molar-refractivity contribution in [2.45, 2.75) is 71.3 Å².